The number of anilines is 2. The van der Waals surface area contributed by atoms with Crippen molar-refractivity contribution in [1.29, 1.82) is 0 Å². The minimum atomic E-state index is -0.435. The average Bonchev–Trinajstić information content (AvgIpc) is 3.23. The van der Waals surface area contributed by atoms with E-state index in [4.69, 9.17) is 0 Å². The summed E-state index contributed by atoms with van der Waals surface area (Å²) in [5.74, 6) is 0.575. The van der Waals surface area contributed by atoms with Crippen LogP contribution in [-0.4, -0.2) is 45.4 Å². The largest absolute Gasteiger partial charge is 0.388 e. The Labute approximate surface area is 227 Å². The van der Waals surface area contributed by atoms with E-state index >= 15 is 0 Å². The molecule has 1 aromatic carbocycles. The molecule has 4 aromatic rings. The summed E-state index contributed by atoms with van der Waals surface area (Å²) in [6.45, 7) is 7.69. The van der Waals surface area contributed by atoms with Crippen molar-refractivity contribution in [3.05, 3.63) is 81.4 Å². The molecule has 0 radical (unpaired) electrons. The van der Waals surface area contributed by atoms with E-state index in [-0.39, 0.29) is 23.8 Å². The number of halogens is 1. The van der Waals surface area contributed by atoms with Gasteiger partial charge in [-0.3, -0.25) is 9.59 Å². The third-order valence-electron chi connectivity index (χ3n) is 8.10. The maximum atomic E-state index is 13.7. The van der Waals surface area contributed by atoms with Gasteiger partial charge in [-0.1, -0.05) is 18.2 Å². The van der Waals surface area contributed by atoms with Gasteiger partial charge in [-0.2, -0.15) is 0 Å². The molecule has 0 spiro atoms. The van der Waals surface area contributed by atoms with Crippen molar-refractivity contribution < 1.29 is 9.18 Å². The predicted octanol–water partition coefficient (Wildman–Crippen LogP) is 5.21. The molecule has 1 saturated heterocycles. The Hall–Kier alpha value is -4.01. The highest BCUT2D eigenvalue weighted by Gasteiger charge is 2.30. The van der Waals surface area contributed by atoms with E-state index in [1.54, 1.807) is 7.05 Å². The number of fused-ring (bicyclic) bond motifs is 1. The van der Waals surface area contributed by atoms with Gasteiger partial charge >= 0.3 is 0 Å². The van der Waals surface area contributed by atoms with Gasteiger partial charge < -0.3 is 19.8 Å². The first-order chi connectivity index (χ1) is 18.8. The highest BCUT2D eigenvalue weighted by molar-refractivity contribution is 6.09. The molecule has 1 atom stereocenters. The maximum absolute atomic E-state index is 13.7. The lowest BCUT2D eigenvalue weighted by Gasteiger charge is -2.36. The molecule has 39 heavy (non-hydrogen) atoms. The third-order valence-corrected chi connectivity index (χ3v) is 8.10. The SMILES string of the molecule is CNc1cc(C)[nH]c(=O)c1CCC(=O)c1c(C)n([C@H](C)C2CCN(c3ncc(F)cn3)CC2)c2ccccc12. The summed E-state index contributed by atoms with van der Waals surface area (Å²) >= 11 is 0. The number of carbonyl (C=O) groups is 1. The van der Waals surface area contributed by atoms with Crippen molar-refractivity contribution in [2.75, 3.05) is 30.4 Å². The number of pyridine rings is 1. The number of Topliss-reactive ketones (excluding diaryl/α,β-unsaturated/α-hetero) is 1. The van der Waals surface area contributed by atoms with Crippen LogP contribution in [0, 0.1) is 25.6 Å². The number of H-pyrrole nitrogens is 1. The summed E-state index contributed by atoms with van der Waals surface area (Å²) < 4.78 is 15.6. The zero-order valence-corrected chi connectivity index (χ0v) is 22.9. The van der Waals surface area contributed by atoms with Gasteiger partial charge in [0.1, 0.15) is 0 Å². The van der Waals surface area contributed by atoms with Gasteiger partial charge in [0.25, 0.3) is 5.56 Å². The Balaban J connectivity index is 1.37. The zero-order valence-electron chi connectivity index (χ0n) is 22.9. The number of nitrogens with zero attached hydrogens (tertiary/aromatic N) is 4. The number of nitrogens with one attached hydrogen (secondary N) is 2. The second-order valence-corrected chi connectivity index (χ2v) is 10.5. The number of benzene rings is 1. The highest BCUT2D eigenvalue weighted by atomic mass is 19.1. The van der Waals surface area contributed by atoms with Crippen LogP contribution >= 0.6 is 0 Å². The maximum Gasteiger partial charge on any atom is 0.253 e. The van der Waals surface area contributed by atoms with Gasteiger partial charge in [0.15, 0.2) is 11.6 Å². The van der Waals surface area contributed by atoms with Gasteiger partial charge in [0, 0.05) is 71.7 Å². The normalized spacial score (nSPS) is 15.1. The Morgan fingerprint density at radius 2 is 1.87 bits per heavy atom. The molecule has 5 rings (SSSR count). The molecular weight excluding hydrogens is 495 g/mol. The first-order valence-electron chi connectivity index (χ1n) is 13.5. The van der Waals surface area contributed by atoms with E-state index in [0.717, 1.165) is 59.5 Å². The third kappa shape index (κ3) is 5.17. The van der Waals surface area contributed by atoms with Gasteiger partial charge in [-0.25, -0.2) is 14.4 Å². The fraction of sp³-hybridized carbons (Fsp3) is 0.400. The summed E-state index contributed by atoms with van der Waals surface area (Å²) in [7, 11) is 1.79. The molecule has 0 unspecified atom stereocenters. The lowest BCUT2D eigenvalue weighted by atomic mass is 9.90. The molecule has 0 saturated carbocycles. The van der Waals surface area contributed by atoms with Crippen LogP contribution in [0.3, 0.4) is 0 Å². The van der Waals surface area contributed by atoms with Crippen LogP contribution in [0.15, 0.2) is 47.5 Å². The number of para-hydroxylation sites is 1. The number of carbonyl (C=O) groups excluding carboxylic acids is 1. The summed E-state index contributed by atoms with van der Waals surface area (Å²) in [6, 6.07) is 10.2. The van der Waals surface area contributed by atoms with Crippen LogP contribution in [0.5, 0.6) is 0 Å². The Bertz CT molecular complexity index is 1550. The predicted molar refractivity (Wildman–Crippen MR) is 152 cm³/mol. The molecule has 4 heterocycles. The summed E-state index contributed by atoms with van der Waals surface area (Å²) in [4.78, 5) is 39.5. The second-order valence-electron chi connectivity index (χ2n) is 10.5. The Morgan fingerprint density at radius 1 is 1.18 bits per heavy atom. The lowest BCUT2D eigenvalue weighted by molar-refractivity contribution is 0.0983. The van der Waals surface area contributed by atoms with Crippen molar-refractivity contribution in [3.63, 3.8) is 0 Å². The standard InChI is InChI=1S/C30H35FN6O2/c1-18-15-25(32-4)23(29(39)35-18)9-10-27(38)28-20(3)37(26-8-6-5-7-24(26)28)19(2)21-11-13-36(14-12-21)30-33-16-22(31)17-34-30/h5-8,15-17,19,21H,9-14H2,1-4H3,(H2,32,35,39)/t19-/m1/s1. The monoisotopic (exact) mass is 530 g/mol. The number of ketones is 1. The van der Waals surface area contributed by atoms with Gasteiger partial charge in [0.2, 0.25) is 5.95 Å². The Kier molecular flexibility index (Phi) is 7.50. The molecular formula is C30H35FN6O2. The molecule has 1 aliphatic rings. The van der Waals surface area contributed by atoms with Crippen molar-refractivity contribution in [1.82, 2.24) is 19.5 Å². The van der Waals surface area contributed by atoms with Crippen molar-refractivity contribution in [2.24, 2.45) is 5.92 Å². The van der Waals surface area contributed by atoms with E-state index in [1.807, 2.05) is 38.1 Å². The molecule has 9 heteroatoms. The van der Waals surface area contributed by atoms with E-state index in [0.29, 0.717) is 23.9 Å². The van der Waals surface area contributed by atoms with Gasteiger partial charge in [-0.05, 0) is 58.1 Å². The number of aromatic nitrogens is 4. The minimum Gasteiger partial charge on any atom is -0.388 e. The van der Waals surface area contributed by atoms with Crippen LogP contribution in [0.2, 0.25) is 0 Å². The van der Waals surface area contributed by atoms with E-state index in [9.17, 15) is 14.0 Å². The minimum absolute atomic E-state index is 0.0416. The second kappa shape index (κ2) is 11.0. The van der Waals surface area contributed by atoms with Crippen LogP contribution in [-0.2, 0) is 6.42 Å². The van der Waals surface area contributed by atoms with Gasteiger partial charge in [0.05, 0.1) is 12.4 Å². The van der Waals surface area contributed by atoms with Crippen molar-refractivity contribution >= 4 is 28.3 Å². The molecule has 0 bridgehead atoms. The molecule has 204 valence electrons. The van der Waals surface area contributed by atoms with Crippen molar-refractivity contribution in [3.8, 4) is 0 Å². The molecule has 1 aliphatic heterocycles. The Morgan fingerprint density at radius 3 is 2.56 bits per heavy atom. The van der Waals surface area contributed by atoms with Crippen LogP contribution in [0.1, 0.15) is 59.5 Å². The molecule has 0 amide bonds. The van der Waals surface area contributed by atoms with Crippen LogP contribution in [0.25, 0.3) is 10.9 Å². The molecule has 2 N–H and O–H groups in total. The van der Waals surface area contributed by atoms with E-state index in [1.165, 1.54) is 12.4 Å². The van der Waals surface area contributed by atoms with Gasteiger partial charge in [-0.15, -0.1) is 0 Å². The molecule has 0 aliphatic carbocycles. The van der Waals surface area contributed by atoms with Crippen LogP contribution in [0.4, 0.5) is 16.0 Å². The number of aryl methyl sites for hydroxylation is 1. The van der Waals surface area contributed by atoms with Crippen LogP contribution < -0.4 is 15.8 Å². The highest BCUT2D eigenvalue weighted by Crippen LogP contribution is 2.36. The molecule has 3 aromatic heterocycles. The first-order valence-corrected chi connectivity index (χ1v) is 13.5. The topological polar surface area (TPSA) is 95.9 Å². The summed E-state index contributed by atoms with van der Waals surface area (Å²) in [5.41, 5.74) is 4.74. The molecule has 1 fully saturated rings. The molecule has 8 nitrogen and oxygen atoms in total. The quantitative estimate of drug-likeness (QED) is 0.304. The number of piperidine rings is 1. The summed E-state index contributed by atoms with van der Waals surface area (Å²) in [5, 5.41) is 4.04. The number of hydrogen-bond acceptors (Lipinski definition) is 6. The summed E-state index contributed by atoms with van der Waals surface area (Å²) in [6.07, 6.45) is 4.92. The lowest BCUT2D eigenvalue weighted by Crippen LogP contribution is -2.37. The number of rotatable bonds is 8. The number of aromatic amines is 1. The van der Waals surface area contributed by atoms with Crippen molar-refractivity contribution in [2.45, 2.75) is 52.5 Å². The average molecular weight is 531 g/mol. The first kappa shape index (κ1) is 26.6. The fourth-order valence-electron chi connectivity index (χ4n) is 6.08. The number of hydrogen-bond donors (Lipinski definition) is 2. The smallest absolute Gasteiger partial charge is 0.253 e. The fourth-order valence-corrected chi connectivity index (χ4v) is 6.08. The van der Waals surface area contributed by atoms with E-state index in [2.05, 4.69) is 42.7 Å². The van der Waals surface area contributed by atoms with E-state index < -0.39 is 5.82 Å². The zero-order chi connectivity index (χ0) is 27.7.